The number of carbonyl (C=O) groups excluding carboxylic acids is 3. The van der Waals surface area contributed by atoms with Crippen molar-refractivity contribution in [3.8, 4) is 0 Å². The molecule has 0 spiro atoms. The van der Waals surface area contributed by atoms with Gasteiger partial charge in [0.2, 0.25) is 11.8 Å². The highest BCUT2D eigenvalue weighted by molar-refractivity contribution is 5.98. The monoisotopic (exact) mass is 503 g/mol. The largest absolute Gasteiger partial charge is 0.361 e. The molecular weight excluding hydrogens is 474 g/mol. The van der Waals surface area contributed by atoms with E-state index >= 15 is 0 Å². The number of carbonyl (C=O) groups is 3. The molecule has 1 aliphatic heterocycles. The first kappa shape index (κ1) is 24.5. The van der Waals surface area contributed by atoms with Gasteiger partial charge in [-0.05, 0) is 43.5 Å². The molecular formula is C27H29N5O5. The summed E-state index contributed by atoms with van der Waals surface area (Å²) in [4.78, 5) is 56.7. The van der Waals surface area contributed by atoms with E-state index in [4.69, 9.17) is 0 Å². The molecule has 2 N–H and O–H groups in total. The van der Waals surface area contributed by atoms with Crippen molar-refractivity contribution in [1.82, 2.24) is 20.1 Å². The van der Waals surface area contributed by atoms with Crippen LogP contribution >= 0.6 is 0 Å². The second-order valence-electron chi connectivity index (χ2n) is 9.83. The van der Waals surface area contributed by atoms with E-state index in [2.05, 4.69) is 10.3 Å². The lowest BCUT2D eigenvalue weighted by Crippen LogP contribution is -2.59. The van der Waals surface area contributed by atoms with Crippen molar-refractivity contribution in [2.45, 2.75) is 38.3 Å². The van der Waals surface area contributed by atoms with Crippen LogP contribution in [0.15, 0.2) is 54.7 Å². The maximum Gasteiger partial charge on any atom is 0.269 e. The molecule has 2 fully saturated rings. The molecule has 2 heterocycles. The quantitative estimate of drug-likeness (QED) is 0.378. The van der Waals surface area contributed by atoms with Crippen LogP contribution in [-0.2, 0) is 16.0 Å². The summed E-state index contributed by atoms with van der Waals surface area (Å²) < 4.78 is 0. The summed E-state index contributed by atoms with van der Waals surface area (Å²) in [6.45, 7) is 3.22. The Hall–Kier alpha value is -4.21. The first-order chi connectivity index (χ1) is 17.8. The fraction of sp³-hybridized carbons (Fsp3) is 0.370. The van der Waals surface area contributed by atoms with Gasteiger partial charge in [-0.1, -0.05) is 18.2 Å². The summed E-state index contributed by atoms with van der Waals surface area (Å²) in [6.07, 6.45) is 3.99. The summed E-state index contributed by atoms with van der Waals surface area (Å²) in [5, 5.41) is 14.8. The standard InChI is InChI=1S/C27H29N5O5/c1-17-16-30(12-13-31(17)26(34)19-6-7-19)27(35)24(14-20-15-28-23-5-3-2-4-22(20)23)29-25(33)18-8-10-21(11-9-18)32(36)37/h2-5,8-11,15,17,19,24,28H,6-7,12-14,16H2,1H3,(H,29,33)/t17-,24+/m1/s1. The average molecular weight is 504 g/mol. The molecule has 1 saturated heterocycles. The van der Waals surface area contributed by atoms with Crippen LogP contribution in [0.1, 0.15) is 35.7 Å². The Labute approximate surface area is 213 Å². The predicted octanol–water partition coefficient (Wildman–Crippen LogP) is 2.89. The Bertz CT molecular complexity index is 1350. The zero-order valence-electron chi connectivity index (χ0n) is 20.6. The number of nitro benzene ring substituents is 1. The Balaban J connectivity index is 1.35. The van der Waals surface area contributed by atoms with Gasteiger partial charge < -0.3 is 20.1 Å². The van der Waals surface area contributed by atoms with E-state index in [-0.39, 0.29) is 41.4 Å². The van der Waals surface area contributed by atoms with Gasteiger partial charge in [-0.3, -0.25) is 24.5 Å². The second-order valence-corrected chi connectivity index (χ2v) is 9.83. The SMILES string of the molecule is C[C@@H]1CN(C(=O)[C@H](Cc2c[nH]c3ccccc23)NC(=O)c2ccc([N+](=O)[O-])cc2)CCN1C(=O)C1CC1. The van der Waals surface area contributed by atoms with E-state index < -0.39 is 16.9 Å². The topological polar surface area (TPSA) is 129 Å². The van der Waals surface area contributed by atoms with E-state index in [0.29, 0.717) is 19.6 Å². The molecule has 2 atom stereocenters. The molecule has 0 radical (unpaired) electrons. The summed E-state index contributed by atoms with van der Waals surface area (Å²) in [7, 11) is 0. The number of nitro groups is 1. The fourth-order valence-electron chi connectivity index (χ4n) is 4.97. The fourth-order valence-corrected chi connectivity index (χ4v) is 4.97. The van der Waals surface area contributed by atoms with Crippen molar-refractivity contribution >= 4 is 34.3 Å². The molecule has 10 heteroatoms. The van der Waals surface area contributed by atoms with E-state index in [1.165, 1.54) is 24.3 Å². The smallest absolute Gasteiger partial charge is 0.269 e. The highest BCUT2D eigenvalue weighted by atomic mass is 16.6. The number of para-hydroxylation sites is 1. The highest BCUT2D eigenvalue weighted by Crippen LogP contribution is 2.32. The number of aromatic nitrogens is 1. The summed E-state index contributed by atoms with van der Waals surface area (Å²) >= 11 is 0. The number of nitrogens with zero attached hydrogens (tertiary/aromatic N) is 3. The molecule has 1 saturated carbocycles. The molecule has 3 aromatic rings. The number of piperazine rings is 1. The van der Waals surface area contributed by atoms with Crippen LogP contribution in [0.25, 0.3) is 10.9 Å². The number of non-ortho nitro benzene ring substituents is 1. The third-order valence-corrected chi connectivity index (χ3v) is 7.19. The summed E-state index contributed by atoms with van der Waals surface area (Å²) in [5.41, 5.74) is 1.95. The maximum absolute atomic E-state index is 13.7. The minimum absolute atomic E-state index is 0.107. The number of benzene rings is 2. The van der Waals surface area contributed by atoms with Crippen LogP contribution in [0.5, 0.6) is 0 Å². The molecule has 0 bridgehead atoms. The number of aromatic amines is 1. The third-order valence-electron chi connectivity index (χ3n) is 7.19. The van der Waals surface area contributed by atoms with Gasteiger partial charge in [-0.25, -0.2) is 0 Å². The van der Waals surface area contributed by atoms with Gasteiger partial charge in [-0.2, -0.15) is 0 Å². The Morgan fingerprint density at radius 3 is 2.51 bits per heavy atom. The minimum Gasteiger partial charge on any atom is -0.361 e. The zero-order valence-corrected chi connectivity index (χ0v) is 20.6. The molecule has 2 aliphatic rings. The Morgan fingerprint density at radius 2 is 1.84 bits per heavy atom. The van der Waals surface area contributed by atoms with Crippen LogP contribution < -0.4 is 5.32 Å². The van der Waals surface area contributed by atoms with Gasteiger partial charge in [-0.15, -0.1) is 0 Å². The van der Waals surface area contributed by atoms with Gasteiger partial charge in [0, 0.05) is 72.8 Å². The molecule has 2 aromatic carbocycles. The lowest BCUT2D eigenvalue weighted by atomic mass is 10.0. The normalized spacial score (nSPS) is 18.5. The second kappa shape index (κ2) is 10.0. The number of hydrogen-bond donors (Lipinski definition) is 2. The number of hydrogen-bond acceptors (Lipinski definition) is 5. The van der Waals surface area contributed by atoms with Crippen molar-refractivity contribution in [1.29, 1.82) is 0 Å². The van der Waals surface area contributed by atoms with Crippen LogP contribution in [-0.4, -0.2) is 69.1 Å². The number of fused-ring (bicyclic) bond motifs is 1. The Kier molecular flexibility index (Phi) is 6.64. The molecule has 1 aromatic heterocycles. The van der Waals surface area contributed by atoms with Gasteiger partial charge in [0.25, 0.3) is 11.6 Å². The number of nitrogens with one attached hydrogen (secondary N) is 2. The molecule has 3 amide bonds. The molecule has 5 rings (SSSR count). The number of H-pyrrole nitrogens is 1. The van der Waals surface area contributed by atoms with Gasteiger partial charge in [0.15, 0.2) is 0 Å². The summed E-state index contributed by atoms with van der Waals surface area (Å²) in [5.74, 6) is -0.406. The van der Waals surface area contributed by atoms with E-state index in [1.807, 2.05) is 42.3 Å². The lowest BCUT2D eigenvalue weighted by Gasteiger charge is -2.41. The van der Waals surface area contributed by atoms with Crippen LogP contribution in [0.4, 0.5) is 5.69 Å². The first-order valence-electron chi connectivity index (χ1n) is 12.5. The number of rotatable bonds is 7. The van der Waals surface area contributed by atoms with Gasteiger partial charge in [0.05, 0.1) is 4.92 Å². The first-order valence-corrected chi connectivity index (χ1v) is 12.5. The zero-order chi connectivity index (χ0) is 26.1. The number of amides is 3. The lowest BCUT2D eigenvalue weighted by molar-refractivity contribution is -0.384. The minimum atomic E-state index is -0.847. The van der Waals surface area contributed by atoms with Crippen LogP contribution in [0, 0.1) is 16.0 Å². The maximum atomic E-state index is 13.7. The highest BCUT2D eigenvalue weighted by Gasteiger charge is 2.39. The van der Waals surface area contributed by atoms with Gasteiger partial charge >= 0.3 is 0 Å². The molecule has 37 heavy (non-hydrogen) atoms. The molecule has 1 aliphatic carbocycles. The van der Waals surface area contributed by atoms with Crippen LogP contribution in [0.2, 0.25) is 0 Å². The molecule has 0 unspecified atom stereocenters. The van der Waals surface area contributed by atoms with E-state index in [9.17, 15) is 24.5 Å². The van der Waals surface area contributed by atoms with Crippen molar-refractivity contribution in [3.63, 3.8) is 0 Å². The van der Waals surface area contributed by atoms with E-state index in [1.54, 1.807) is 4.90 Å². The van der Waals surface area contributed by atoms with Crippen molar-refractivity contribution in [2.75, 3.05) is 19.6 Å². The summed E-state index contributed by atoms with van der Waals surface area (Å²) in [6, 6.07) is 12.1. The predicted molar refractivity (Wildman–Crippen MR) is 137 cm³/mol. The Morgan fingerprint density at radius 1 is 1.11 bits per heavy atom. The van der Waals surface area contributed by atoms with Crippen molar-refractivity contribution in [3.05, 3.63) is 76.0 Å². The van der Waals surface area contributed by atoms with Crippen molar-refractivity contribution in [2.24, 2.45) is 5.92 Å². The van der Waals surface area contributed by atoms with Gasteiger partial charge in [0.1, 0.15) is 6.04 Å². The van der Waals surface area contributed by atoms with Crippen LogP contribution in [0.3, 0.4) is 0 Å². The van der Waals surface area contributed by atoms with Crippen molar-refractivity contribution < 1.29 is 19.3 Å². The molecule has 10 nitrogen and oxygen atoms in total. The van der Waals surface area contributed by atoms with E-state index in [0.717, 1.165) is 29.3 Å². The third kappa shape index (κ3) is 5.18. The molecule has 192 valence electrons. The average Bonchev–Trinajstić information content (AvgIpc) is 3.68.